The molecule has 0 unspecified atom stereocenters. The van der Waals surface area contributed by atoms with Gasteiger partial charge in [-0.2, -0.15) is 13.2 Å². The third-order valence-electron chi connectivity index (χ3n) is 1.90. The van der Waals surface area contributed by atoms with E-state index < -0.39 is 29.8 Å². The number of aliphatic hydroxyl groups excluding tert-OH is 1. The summed E-state index contributed by atoms with van der Waals surface area (Å²) < 4.78 is 57.0. The molecule has 4 N–H and O–H groups in total. The van der Waals surface area contributed by atoms with E-state index in [1.807, 2.05) is 0 Å². The number of carboxylic acids is 1. The van der Waals surface area contributed by atoms with Gasteiger partial charge in [-0.25, -0.2) is 13.6 Å². The van der Waals surface area contributed by atoms with Crippen molar-refractivity contribution in [2.45, 2.75) is 18.6 Å². The molecule has 1 aromatic rings. The predicted molar refractivity (Wildman–Crippen MR) is 58.8 cm³/mol. The van der Waals surface area contributed by atoms with Crippen LogP contribution >= 0.6 is 0 Å². The van der Waals surface area contributed by atoms with Gasteiger partial charge in [0.2, 0.25) is 0 Å². The molecule has 114 valence electrons. The number of carboxylic acid groups (broad SMARTS) is 1. The number of alkyl halides is 3. The lowest BCUT2D eigenvalue weighted by Gasteiger charge is -2.07. The summed E-state index contributed by atoms with van der Waals surface area (Å²) >= 11 is 0. The summed E-state index contributed by atoms with van der Waals surface area (Å²) in [5, 5.41) is 15.7. The van der Waals surface area contributed by atoms with Crippen LogP contribution in [-0.2, 0) is 11.2 Å². The minimum Gasteiger partial charge on any atom is -0.475 e. The fraction of sp³-hybridized carbons (Fsp3) is 0.364. The van der Waals surface area contributed by atoms with Crippen LogP contribution in [0.5, 0.6) is 0 Å². The molecule has 0 radical (unpaired) electrons. The van der Waals surface area contributed by atoms with Crippen molar-refractivity contribution in [1.29, 1.82) is 0 Å². The van der Waals surface area contributed by atoms with Crippen LogP contribution in [0.25, 0.3) is 0 Å². The number of aliphatic hydroxyl groups is 1. The summed E-state index contributed by atoms with van der Waals surface area (Å²) in [5.74, 6) is -4.01. The van der Waals surface area contributed by atoms with E-state index in [0.29, 0.717) is 5.56 Å². The molecule has 0 saturated carbocycles. The largest absolute Gasteiger partial charge is 0.490 e. The summed E-state index contributed by atoms with van der Waals surface area (Å²) in [7, 11) is 0. The predicted octanol–water partition coefficient (Wildman–Crippen LogP) is 1.46. The first kappa shape index (κ1) is 18.3. The Bertz CT molecular complexity index is 430. The maximum atomic E-state index is 12.6. The number of hydrogen-bond donors (Lipinski definition) is 3. The Morgan fingerprint density at radius 1 is 1.20 bits per heavy atom. The average molecular weight is 301 g/mol. The van der Waals surface area contributed by atoms with Gasteiger partial charge in [0.15, 0.2) is 0 Å². The van der Waals surface area contributed by atoms with Gasteiger partial charge in [-0.05, 0) is 24.1 Å². The molecule has 0 aliphatic rings. The molecule has 4 nitrogen and oxygen atoms in total. The van der Waals surface area contributed by atoms with E-state index in [4.69, 9.17) is 20.7 Å². The second kappa shape index (κ2) is 7.75. The summed E-state index contributed by atoms with van der Waals surface area (Å²) in [5.41, 5.74) is 5.87. The molecule has 1 atom stereocenters. The summed E-state index contributed by atoms with van der Waals surface area (Å²) in [6, 6.07) is 2.74. The van der Waals surface area contributed by atoms with Gasteiger partial charge in [-0.15, -0.1) is 0 Å². The smallest absolute Gasteiger partial charge is 0.475 e. The molecule has 1 rings (SSSR count). The van der Waals surface area contributed by atoms with Crippen LogP contribution in [0, 0.1) is 11.6 Å². The minimum absolute atomic E-state index is 0.196. The van der Waals surface area contributed by atoms with Gasteiger partial charge < -0.3 is 15.9 Å². The highest BCUT2D eigenvalue weighted by Gasteiger charge is 2.38. The van der Waals surface area contributed by atoms with Crippen molar-refractivity contribution in [3.05, 3.63) is 35.4 Å². The number of halogens is 5. The van der Waals surface area contributed by atoms with E-state index in [9.17, 15) is 22.0 Å². The van der Waals surface area contributed by atoms with Crippen LogP contribution in [0.3, 0.4) is 0 Å². The van der Waals surface area contributed by atoms with E-state index in [1.165, 1.54) is 12.1 Å². The van der Waals surface area contributed by atoms with Gasteiger partial charge >= 0.3 is 12.1 Å². The molecule has 9 heteroatoms. The Labute approximate surface area is 110 Å². The maximum absolute atomic E-state index is 12.6. The van der Waals surface area contributed by atoms with Crippen LogP contribution in [0.4, 0.5) is 22.0 Å². The molecule has 0 heterocycles. The molecule has 0 fully saturated rings. The van der Waals surface area contributed by atoms with Crippen molar-refractivity contribution >= 4 is 5.97 Å². The molecule has 0 spiro atoms. The molecular formula is C11H12F5NO3. The zero-order valence-electron chi connectivity index (χ0n) is 9.99. The van der Waals surface area contributed by atoms with Crippen LogP contribution < -0.4 is 5.73 Å². The lowest BCUT2D eigenvalue weighted by Crippen LogP contribution is -2.26. The third kappa shape index (κ3) is 7.64. The van der Waals surface area contributed by atoms with Crippen molar-refractivity contribution in [2.75, 3.05) is 6.61 Å². The lowest BCUT2D eigenvalue weighted by atomic mass is 10.1. The highest BCUT2D eigenvalue weighted by Crippen LogP contribution is 2.13. The van der Waals surface area contributed by atoms with Gasteiger partial charge in [0.05, 0.1) is 6.61 Å². The zero-order valence-corrected chi connectivity index (χ0v) is 9.99. The Balaban J connectivity index is 0.000000441. The van der Waals surface area contributed by atoms with Crippen LogP contribution in [0.2, 0.25) is 0 Å². The van der Waals surface area contributed by atoms with Crippen molar-refractivity contribution in [3.8, 4) is 0 Å². The Kier molecular flexibility index (Phi) is 7.08. The number of nitrogens with two attached hydrogens (primary N) is 1. The van der Waals surface area contributed by atoms with Crippen LogP contribution in [-0.4, -0.2) is 35.0 Å². The normalized spacial score (nSPS) is 12.3. The highest BCUT2D eigenvalue weighted by molar-refractivity contribution is 5.73. The number of benzene rings is 1. The molecule has 1 aromatic carbocycles. The summed E-state index contributed by atoms with van der Waals surface area (Å²) in [6.45, 7) is -0.196. The van der Waals surface area contributed by atoms with E-state index in [-0.39, 0.29) is 13.0 Å². The second-order valence-electron chi connectivity index (χ2n) is 3.73. The molecule has 0 aliphatic carbocycles. The van der Waals surface area contributed by atoms with Crippen molar-refractivity contribution in [2.24, 2.45) is 5.73 Å². The average Bonchev–Trinajstić information content (AvgIpc) is 2.26. The Hall–Kier alpha value is -1.74. The van der Waals surface area contributed by atoms with Gasteiger partial charge in [0.1, 0.15) is 11.6 Å². The second-order valence-corrected chi connectivity index (χ2v) is 3.73. The number of hydrogen-bond acceptors (Lipinski definition) is 3. The summed E-state index contributed by atoms with van der Waals surface area (Å²) in [6.07, 6.45) is -4.81. The number of rotatable bonds is 3. The molecule has 0 aromatic heterocycles. The van der Waals surface area contributed by atoms with Crippen molar-refractivity contribution in [3.63, 3.8) is 0 Å². The third-order valence-corrected chi connectivity index (χ3v) is 1.90. The molecule has 0 aliphatic heterocycles. The fourth-order valence-electron chi connectivity index (χ4n) is 1.10. The number of aliphatic carboxylic acids is 1. The standard InChI is InChI=1S/C9H11F2NO.C2HF3O2/c10-7-1-6(2-8(11)4-7)3-9(12)5-13;3-2(4,5)1(6)7/h1-2,4,9,13H,3,5,12H2;(H,6,7)/t9-;/m0./s1. The molecular weight excluding hydrogens is 289 g/mol. The van der Waals surface area contributed by atoms with Gasteiger partial charge in [0.25, 0.3) is 0 Å². The molecule has 0 bridgehead atoms. The first-order valence-corrected chi connectivity index (χ1v) is 5.17. The van der Waals surface area contributed by atoms with Gasteiger partial charge in [-0.1, -0.05) is 0 Å². The monoisotopic (exact) mass is 301 g/mol. The first-order valence-electron chi connectivity index (χ1n) is 5.17. The maximum Gasteiger partial charge on any atom is 0.490 e. The Morgan fingerprint density at radius 2 is 1.60 bits per heavy atom. The van der Waals surface area contributed by atoms with E-state index >= 15 is 0 Å². The fourth-order valence-corrected chi connectivity index (χ4v) is 1.10. The number of carbonyl (C=O) groups is 1. The van der Waals surface area contributed by atoms with Crippen molar-refractivity contribution < 1.29 is 37.0 Å². The van der Waals surface area contributed by atoms with Crippen LogP contribution in [0.1, 0.15) is 5.56 Å². The summed E-state index contributed by atoms with van der Waals surface area (Å²) in [4.78, 5) is 8.90. The molecule has 20 heavy (non-hydrogen) atoms. The zero-order chi connectivity index (χ0) is 15.9. The minimum atomic E-state index is -5.08. The van der Waals surface area contributed by atoms with E-state index in [0.717, 1.165) is 6.07 Å². The van der Waals surface area contributed by atoms with E-state index in [1.54, 1.807) is 0 Å². The lowest BCUT2D eigenvalue weighted by molar-refractivity contribution is -0.192. The Morgan fingerprint density at radius 3 is 1.90 bits per heavy atom. The topological polar surface area (TPSA) is 83.5 Å². The van der Waals surface area contributed by atoms with Gasteiger partial charge in [-0.3, -0.25) is 0 Å². The van der Waals surface area contributed by atoms with Gasteiger partial charge in [0, 0.05) is 12.1 Å². The van der Waals surface area contributed by atoms with Crippen molar-refractivity contribution in [1.82, 2.24) is 0 Å². The molecule has 0 saturated heterocycles. The van der Waals surface area contributed by atoms with E-state index in [2.05, 4.69) is 0 Å². The SMILES string of the molecule is N[C@H](CO)Cc1cc(F)cc(F)c1.O=C(O)C(F)(F)F. The molecule has 0 amide bonds. The highest BCUT2D eigenvalue weighted by atomic mass is 19.4. The first-order chi connectivity index (χ1) is 9.06. The van der Waals surface area contributed by atoms with Crippen LogP contribution in [0.15, 0.2) is 18.2 Å². The quantitative estimate of drug-likeness (QED) is 0.738.